The lowest BCUT2D eigenvalue weighted by Crippen LogP contribution is -2.51. The zero-order chi connectivity index (χ0) is 12.9. The largest absolute Gasteiger partial charge is 0.287 e. The fraction of sp³-hybridized carbons (Fsp3) is 0.917. The van der Waals surface area contributed by atoms with Crippen LogP contribution in [0.15, 0.2) is 0 Å². The van der Waals surface area contributed by atoms with E-state index in [0.29, 0.717) is 6.54 Å². The van der Waals surface area contributed by atoms with E-state index in [1.54, 1.807) is 0 Å². The number of hydrogen-bond donors (Lipinski definition) is 1. The minimum Gasteiger partial charge on any atom is -0.287 e. The summed E-state index contributed by atoms with van der Waals surface area (Å²) in [6.45, 7) is 12.4. The van der Waals surface area contributed by atoms with Crippen molar-refractivity contribution in [3.63, 3.8) is 0 Å². The van der Waals surface area contributed by atoms with Crippen LogP contribution in [0.5, 0.6) is 0 Å². The molecule has 0 rings (SSSR count). The lowest BCUT2D eigenvalue weighted by molar-refractivity contribution is -0.172. The fourth-order valence-corrected chi connectivity index (χ4v) is 2.16. The van der Waals surface area contributed by atoms with Gasteiger partial charge in [0, 0.05) is 18.6 Å². The van der Waals surface area contributed by atoms with Gasteiger partial charge in [0.15, 0.2) is 0 Å². The molecule has 0 spiro atoms. The van der Waals surface area contributed by atoms with Gasteiger partial charge in [-0.05, 0) is 41.0 Å². The molecule has 1 amide bonds. The maximum absolute atomic E-state index is 11.9. The zero-order valence-electron chi connectivity index (χ0n) is 11.4. The highest BCUT2D eigenvalue weighted by Crippen LogP contribution is 2.12. The SMILES string of the molecule is CCCN(O)C(=O)C(C)N(C(C)C)C(C)C. The Morgan fingerprint density at radius 3 is 1.88 bits per heavy atom. The normalized spacial score (nSPS) is 13.6. The van der Waals surface area contributed by atoms with Gasteiger partial charge in [-0.25, -0.2) is 5.06 Å². The van der Waals surface area contributed by atoms with E-state index in [1.165, 1.54) is 0 Å². The minimum absolute atomic E-state index is 0.218. The summed E-state index contributed by atoms with van der Waals surface area (Å²) in [7, 11) is 0. The fourth-order valence-electron chi connectivity index (χ4n) is 2.16. The monoisotopic (exact) mass is 230 g/mol. The Balaban J connectivity index is 4.61. The summed E-state index contributed by atoms with van der Waals surface area (Å²) in [5.41, 5.74) is 0. The second kappa shape index (κ2) is 6.86. The van der Waals surface area contributed by atoms with Crippen molar-refractivity contribution in [2.75, 3.05) is 6.54 Å². The first-order valence-electron chi connectivity index (χ1n) is 6.10. The summed E-state index contributed by atoms with van der Waals surface area (Å²) in [5, 5.41) is 10.4. The van der Waals surface area contributed by atoms with Crippen LogP contribution in [0.4, 0.5) is 0 Å². The molecule has 1 N–H and O–H groups in total. The van der Waals surface area contributed by atoms with Crippen molar-refractivity contribution >= 4 is 5.91 Å². The average Bonchev–Trinajstić information content (AvgIpc) is 2.15. The maximum atomic E-state index is 11.9. The Morgan fingerprint density at radius 2 is 1.56 bits per heavy atom. The second-order valence-corrected chi connectivity index (χ2v) is 4.77. The number of hydroxylamine groups is 2. The van der Waals surface area contributed by atoms with Gasteiger partial charge in [-0.15, -0.1) is 0 Å². The van der Waals surface area contributed by atoms with Crippen molar-refractivity contribution in [2.45, 2.75) is 66.1 Å². The molecule has 0 aliphatic carbocycles. The summed E-state index contributed by atoms with van der Waals surface area (Å²) in [5.74, 6) is -0.218. The van der Waals surface area contributed by atoms with Crippen molar-refractivity contribution in [2.24, 2.45) is 0 Å². The molecular formula is C12H26N2O2. The van der Waals surface area contributed by atoms with E-state index in [1.807, 2.05) is 13.8 Å². The average molecular weight is 230 g/mol. The number of rotatable bonds is 6. The molecule has 0 aliphatic rings. The first kappa shape index (κ1) is 15.4. The second-order valence-electron chi connectivity index (χ2n) is 4.77. The first-order chi connectivity index (χ1) is 7.32. The minimum atomic E-state index is -0.281. The molecule has 0 radical (unpaired) electrons. The van der Waals surface area contributed by atoms with Gasteiger partial charge in [-0.2, -0.15) is 0 Å². The molecule has 0 fully saturated rings. The molecule has 0 bridgehead atoms. The summed E-state index contributed by atoms with van der Waals surface area (Å²) in [6.07, 6.45) is 0.762. The van der Waals surface area contributed by atoms with Crippen LogP contribution in [0.25, 0.3) is 0 Å². The van der Waals surface area contributed by atoms with Crippen molar-refractivity contribution in [1.29, 1.82) is 0 Å². The molecule has 96 valence electrons. The molecule has 0 saturated heterocycles. The van der Waals surface area contributed by atoms with Crippen LogP contribution in [0.1, 0.15) is 48.0 Å². The molecule has 0 aliphatic heterocycles. The highest BCUT2D eigenvalue weighted by Gasteiger charge is 2.28. The molecule has 0 heterocycles. The summed E-state index contributed by atoms with van der Waals surface area (Å²) >= 11 is 0. The van der Waals surface area contributed by atoms with E-state index in [9.17, 15) is 10.0 Å². The highest BCUT2D eigenvalue weighted by molar-refractivity contribution is 5.80. The van der Waals surface area contributed by atoms with Crippen molar-refractivity contribution in [1.82, 2.24) is 9.96 Å². The topological polar surface area (TPSA) is 43.8 Å². The Hall–Kier alpha value is -0.610. The van der Waals surface area contributed by atoms with E-state index in [2.05, 4.69) is 32.6 Å². The van der Waals surface area contributed by atoms with Crippen LogP contribution >= 0.6 is 0 Å². The predicted octanol–water partition coefficient (Wildman–Crippen LogP) is 2.12. The van der Waals surface area contributed by atoms with Crippen LogP contribution in [0.3, 0.4) is 0 Å². The van der Waals surface area contributed by atoms with Crippen molar-refractivity contribution < 1.29 is 10.0 Å². The Labute approximate surface area is 99.2 Å². The van der Waals surface area contributed by atoms with E-state index < -0.39 is 0 Å². The van der Waals surface area contributed by atoms with Crippen LogP contribution in [-0.2, 0) is 4.79 Å². The molecule has 0 aromatic heterocycles. The van der Waals surface area contributed by atoms with Crippen LogP contribution in [0.2, 0.25) is 0 Å². The lowest BCUT2D eigenvalue weighted by Gasteiger charge is -2.36. The van der Waals surface area contributed by atoms with Gasteiger partial charge in [0.1, 0.15) is 0 Å². The molecule has 0 saturated carbocycles. The first-order valence-corrected chi connectivity index (χ1v) is 6.10. The van der Waals surface area contributed by atoms with Crippen molar-refractivity contribution in [3.8, 4) is 0 Å². The van der Waals surface area contributed by atoms with E-state index >= 15 is 0 Å². The third kappa shape index (κ3) is 4.10. The van der Waals surface area contributed by atoms with E-state index in [0.717, 1.165) is 11.5 Å². The maximum Gasteiger partial charge on any atom is 0.262 e. The van der Waals surface area contributed by atoms with E-state index in [4.69, 9.17) is 0 Å². The molecule has 0 aromatic rings. The quantitative estimate of drug-likeness (QED) is 0.561. The van der Waals surface area contributed by atoms with Crippen molar-refractivity contribution in [3.05, 3.63) is 0 Å². The molecule has 1 unspecified atom stereocenters. The van der Waals surface area contributed by atoms with Gasteiger partial charge in [0.25, 0.3) is 5.91 Å². The van der Waals surface area contributed by atoms with Gasteiger partial charge in [0.2, 0.25) is 0 Å². The molecular weight excluding hydrogens is 204 g/mol. The highest BCUT2D eigenvalue weighted by atomic mass is 16.5. The molecule has 0 aromatic carbocycles. The third-order valence-electron chi connectivity index (χ3n) is 2.69. The number of nitrogens with zero attached hydrogens (tertiary/aromatic N) is 2. The number of carbonyl (C=O) groups excluding carboxylic acids is 1. The Kier molecular flexibility index (Phi) is 6.60. The number of carbonyl (C=O) groups is 1. The Bertz CT molecular complexity index is 209. The molecule has 4 heteroatoms. The number of hydrogen-bond acceptors (Lipinski definition) is 3. The summed E-state index contributed by atoms with van der Waals surface area (Å²) < 4.78 is 0. The lowest BCUT2D eigenvalue weighted by atomic mass is 10.1. The molecule has 4 nitrogen and oxygen atoms in total. The Morgan fingerprint density at radius 1 is 1.12 bits per heavy atom. The van der Waals surface area contributed by atoms with Crippen LogP contribution in [-0.4, -0.2) is 45.7 Å². The molecule has 16 heavy (non-hydrogen) atoms. The summed E-state index contributed by atoms with van der Waals surface area (Å²) in [4.78, 5) is 14.0. The van der Waals surface area contributed by atoms with E-state index in [-0.39, 0.29) is 24.0 Å². The van der Waals surface area contributed by atoms with Gasteiger partial charge < -0.3 is 0 Å². The molecule has 1 atom stereocenters. The standard InChI is InChI=1S/C12H26N2O2/c1-7-8-13(16)12(15)11(6)14(9(2)3)10(4)5/h9-11,16H,7-8H2,1-6H3. The van der Waals surface area contributed by atoms with Gasteiger partial charge in [-0.1, -0.05) is 6.92 Å². The zero-order valence-corrected chi connectivity index (χ0v) is 11.4. The summed E-state index contributed by atoms with van der Waals surface area (Å²) in [6, 6.07) is 0.291. The van der Waals surface area contributed by atoms with Gasteiger partial charge >= 0.3 is 0 Å². The number of amides is 1. The van der Waals surface area contributed by atoms with Gasteiger partial charge in [0.05, 0.1) is 6.04 Å². The predicted molar refractivity (Wildman–Crippen MR) is 65.4 cm³/mol. The van der Waals surface area contributed by atoms with Gasteiger partial charge in [-0.3, -0.25) is 14.9 Å². The van der Waals surface area contributed by atoms with Crippen LogP contribution in [0, 0.1) is 0 Å². The third-order valence-corrected chi connectivity index (χ3v) is 2.69. The smallest absolute Gasteiger partial charge is 0.262 e. The van der Waals surface area contributed by atoms with Crippen LogP contribution < -0.4 is 0 Å².